The first-order valence-electron chi connectivity index (χ1n) is 5.92. The number of hydrogen-bond donors (Lipinski definition) is 1. The number of carbonyl (C=O) groups is 1. The summed E-state index contributed by atoms with van der Waals surface area (Å²) in [6.45, 7) is 3.84. The number of rotatable bonds is 5. The van der Waals surface area contributed by atoms with Gasteiger partial charge in [0.2, 0.25) is 5.91 Å². The molecule has 1 N–H and O–H groups in total. The molecule has 0 aromatic carbocycles. The molecule has 0 heterocycles. The molecule has 4 nitrogen and oxygen atoms in total. The zero-order valence-corrected chi connectivity index (χ0v) is 10.1. The van der Waals surface area contributed by atoms with Crippen LogP contribution >= 0.6 is 0 Å². The molecule has 0 aromatic heterocycles. The Bertz CT molecular complexity index is 294. The molecule has 4 heteroatoms. The summed E-state index contributed by atoms with van der Waals surface area (Å²) >= 11 is 0. The van der Waals surface area contributed by atoms with Gasteiger partial charge in [-0.05, 0) is 32.6 Å². The minimum Gasteiger partial charge on any atom is -0.395 e. The lowest BCUT2D eigenvalue weighted by Crippen LogP contribution is -2.50. The van der Waals surface area contributed by atoms with E-state index in [0.717, 1.165) is 19.3 Å². The summed E-state index contributed by atoms with van der Waals surface area (Å²) in [7, 11) is 0. The van der Waals surface area contributed by atoms with E-state index >= 15 is 0 Å². The summed E-state index contributed by atoms with van der Waals surface area (Å²) in [4.78, 5) is 13.9. The van der Waals surface area contributed by atoms with Gasteiger partial charge in [-0.3, -0.25) is 4.79 Å². The molecule has 1 saturated carbocycles. The van der Waals surface area contributed by atoms with Crippen molar-refractivity contribution in [1.29, 1.82) is 5.26 Å². The van der Waals surface area contributed by atoms with E-state index in [0.29, 0.717) is 13.0 Å². The van der Waals surface area contributed by atoms with Gasteiger partial charge in [0.1, 0.15) is 5.41 Å². The van der Waals surface area contributed by atoms with Gasteiger partial charge in [-0.15, -0.1) is 0 Å². The molecular formula is C12H20N2O2. The summed E-state index contributed by atoms with van der Waals surface area (Å²) in [6.07, 6.45) is 3.64. The Hall–Kier alpha value is -1.08. The Morgan fingerprint density at radius 1 is 1.62 bits per heavy atom. The van der Waals surface area contributed by atoms with E-state index in [2.05, 4.69) is 6.07 Å². The molecule has 1 aliphatic rings. The van der Waals surface area contributed by atoms with Crippen molar-refractivity contribution in [2.24, 2.45) is 5.41 Å². The van der Waals surface area contributed by atoms with Gasteiger partial charge in [-0.2, -0.15) is 5.26 Å². The minimum absolute atomic E-state index is 0.0343. The maximum Gasteiger partial charge on any atom is 0.243 e. The van der Waals surface area contributed by atoms with Gasteiger partial charge < -0.3 is 10.0 Å². The van der Waals surface area contributed by atoms with Gasteiger partial charge in [0.05, 0.1) is 12.7 Å². The number of amides is 1. The van der Waals surface area contributed by atoms with E-state index in [1.807, 2.05) is 6.92 Å². The molecule has 16 heavy (non-hydrogen) atoms. The third-order valence-electron chi connectivity index (χ3n) is 3.54. The number of nitrogens with zero attached hydrogens (tertiary/aromatic N) is 2. The average Bonchev–Trinajstić information content (AvgIpc) is 2.24. The van der Waals surface area contributed by atoms with Crippen LogP contribution in [-0.2, 0) is 4.79 Å². The normalized spacial score (nSPS) is 19.4. The second kappa shape index (κ2) is 5.31. The highest BCUT2D eigenvalue weighted by Gasteiger charge is 2.39. The standard InChI is InChI=1S/C12H20N2O2/c1-3-12(2,9-13)11(16)14(7-8-15)10-5-4-6-10/h10,15H,3-8H2,1-2H3. The highest BCUT2D eigenvalue weighted by molar-refractivity contribution is 5.85. The second-order valence-electron chi connectivity index (χ2n) is 4.60. The molecule has 0 spiro atoms. The SMILES string of the molecule is CCC(C)(C#N)C(=O)N(CCO)C1CCC1. The fourth-order valence-electron chi connectivity index (χ4n) is 1.85. The van der Waals surface area contributed by atoms with Gasteiger partial charge >= 0.3 is 0 Å². The third kappa shape index (κ3) is 2.35. The zero-order valence-electron chi connectivity index (χ0n) is 10.1. The number of aliphatic hydroxyl groups is 1. The van der Waals surface area contributed by atoms with E-state index in [1.165, 1.54) is 0 Å². The molecule has 1 unspecified atom stereocenters. The van der Waals surface area contributed by atoms with Crippen LogP contribution in [0.15, 0.2) is 0 Å². The molecule has 90 valence electrons. The Morgan fingerprint density at radius 2 is 2.25 bits per heavy atom. The summed E-state index contributed by atoms with van der Waals surface area (Å²) in [5.74, 6) is -0.128. The van der Waals surface area contributed by atoms with E-state index in [-0.39, 0.29) is 18.6 Å². The molecule has 1 amide bonds. The van der Waals surface area contributed by atoms with Gasteiger partial charge in [0, 0.05) is 12.6 Å². The summed E-state index contributed by atoms with van der Waals surface area (Å²) < 4.78 is 0. The molecule has 0 bridgehead atoms. The minimum atomic E-state index is -0.940. The van der Waals surface area contributed by atoms with Gasteiger partial charge in [0.25, 0.3) is 0 Å². The second-order valence-corrected chi connectivity index (χ2v) is 4.60. The van der Waals surface area contributed by atoms with Crippen LogP contribution < -0.4 is 0 Å². The highest BCUT2D eigenvalue weighted by Crippen LogP contribution is 2.30. The molecule has 1 fully saturated rings. The quantitative estimate of drug-likeness (QED) is 0.765. The molecule has 0 aliphatic heterocycles. The molecule has 0 saturated heterocycles. The van der Waals surface area contributed by atoms with Crippen LogP contribution in [0, 0.1) is 16.7 Å². The highest BCUT2D eigenvalue weighted by atomic mass is 16.3. The van der Waals surface area contributed by atoms with Crippen molar-refractivity contribution in [3.63, 3.8) is 0 Å². The molecule has 0 radical (unpaired) electrons. The lowest BCUT2D eigenvalue weighted by Gasteiger charge is -2.40. The van der Waals surface area contributed by atoms with Crippen molar-refractivity contribution in [3.05, 3.63) is 0 Å². The Labute approximate surface area is 96.9 Å². The van der Waals surface area contributed by atoms with Gasteiger partial charge in [-0.25, -0.2) is 0 Å². The predicted molar refractivity (Wildman–Crippen MR) is 60.4 cm³/mol. The molecule has 1 rings (SSSR count). The Morgan fingerprint density at radius 3 is 2.56 bits per heavy atom. The maximum absolute atomic E-state index is 12.2. The van der Waals surface area contributed by atoms with Gasteiger partial charge in [-0.1, -0.05) is 6.92 Å². The van der Waals surface area contributed by atoms with Crippen molar-refractivity contribution >= 4 is 5.91 Å². The lowest BCUT2D eigenvalue weighted by atomic mass is 9.84. The molecule has 1 atom stereocenters. The summed E-state index contributed by atoms with van der Waals surface area (Å²) in [5.41, 5.74) is -0.940. The third-order valence-corrected chi connectivity index (χ3v) is 3.54. The van der Waals surface area contributed by atoms with Gasteiger partial charge in [0.15, 0.2) is 0 Å². The van der Waals surface area contributed by atoms with Crippen molar-refractivity contribution < 1.29 is 9.90 Å². The van der Waals surface area contributed by atoms with Crippen LogP contribution in [0.1, 0.15) is 39.5 Å². The monoisotopic (exact) mass is 224 g/mol. The van der Waals surface area contributed by atoms with E-state index in [1.54, 1.807) is 11.8 Å². The summed E-state index contributed by atoms with van der Waals surface area (Å²) in [6, 6.07) is 2.33. The maximum atomic E-state index is 12.2. The van der Waals surface area contributed by atoms with E-state index < -0.39 is 5.41 Å². The molecule has 1 aliphatic carbocycles. The van der Waals surface area contributed by atoms with Crippen LogP contribution in [0.3, 0.4) is 0 Å². The largest absolute Gasteiger partial charge is 0.395 e. The topological polar surface area (TPSA) is 64.3 Å². The first kappa shape index (κ1) is 13.0. The fraction of sp³-hybridized carbons (Fsp3) is 0.833. The summed E-state index contributed by atoms with van der Waals surface area (Å²) in [5, 5.41) is 18.1. The number of nitriles is 1. The van der Waals surface area contributed by atoms with Crippen molar-refractivity contribution in [1.82, 2.24) is 4.90 Å². The predicted octanol–water partition coefficient (Wildman–Crippen LogP) is 1.30. The van der Waals surface area contributed by atoms with Crippen LogP contribution in [0.25, 0.3) is 0 Å². The van der Waals surface area contributed by atoms with Crippen LogP contribution in [-0.4, -0.2) is 35.1 Å². The smallest absolute Gasteiger partial charge is 0.243 e. The van der Waals surface area contributed by atoms with Crippen molar-refractivity contribution in [3.8, 4) is 6.07 Å². The van der Waals surface area contributed by atoms with Crippen LogP contribution in [0.4, 0.5) is 0 Å². The fourth-order valence-corrected chi connectivity index (χ4v) is 1.85. The molecular weight excluding hydrogens is 204 g/mol. The lowest BCUT2D eigenvalue weighted by molar-refractivity contribution is -0.143. The van der Waals surface area contributed by atoms with Crippen LogP contribution in [0.2, 0.25) is 0 Å². The van der Waals surface area contributed by atoms with Crippen LogP contribution in [0.5, 0.6) is 0 Å². The van der Waals surface area contributed by atoms with E-state index in [9.17, 15) is 4.79 Å². The average molecular weight is 224 g/mol. The first-order chi connectivity index (χ1) is 7.59. The number of carbonyl (C=O) groups excluding carboxylic acids is 1. The van der Waals surface area contributed by atoms with Crippen molar-refractivity contribution in [2.45, 2.75) is 45.6 Å². The Kier molecular flexibility index (Phi) is 4.31. The molecule has 0 aromatic rings. The van der Waals surface area contributed by atoms with Crippen molar-refractivity contribution in [2.75, 3.05) is 13.2 Å². The zero-order chi connectivity index (χ0) is 12.2. The first-order valence-corrected chi connectivity index (χ1v) is 5.92. The number of aliphatic hydroxyl groups excluding tert-OH is 1. The van der Waals surface area contributed by atoms with E-state index in [4.69, 9.17) is 10.4 Å². The Balaban J connectivity index is 2.77. The number of hydrogen-bond acceptors (Lipinski definition) is 3.